The van der Waals surface area contributed by atoms with E-state index in [1.54, 1.807) is 12.5 Å². The maximum atomic E-state index is 4.23. The molecule has 1 aromatic rings. The monoisotopic (exact) mass is 246 g/mol. The van der Waals surface area contributed by atoms with Crippen molar-refractivity contribution in [3.63, 3.8) is 0 Å². The third kappa shape index (κ3) is 2.54. The third-order valence-corrected chi connectivity index (χ3v) is 4.58. The van der Waals surface area contributed by atoms with Crippen LogP contribution in [-0.2, 0) is 6.54 Å². The third-order valence-electron chi connectivity index (χ3n) is 4.58. The highest BCUT2D eigenvalue weighted by molar-refractivity contribution is 4.98. The number of hydrogen-bond acceptors (Lipinski definition) is 4. The van der Waals surface area contributed by atoms with E-state index in [1.807, 2.05) is 6.07 Å². The lowest BCUT2D eigenvalue weighted by Gasteiger charge is -2.36. The Morgan fingerprint density at radius 2 is 2.11 bits per heavy atom. The highest BCUT2D eigenvalue weighted by Crippen LogP contribution is 2.36. The molecule has 2 atom stereocenters. The Morgan fingerprint density at radius 3 is 2.78 bits per heavy atom. The number of nitrogens with one attached hydrogen (secondary N) is 1. The molecule has 98 valence electrons. The lowest BCUT2D eigenvalue weighted by molar-refractivity contribution is 0.133. The van der Waals surface area contributed by atoms with Crippen molar-refractivity contribution in [2.45, 2.75) is 44.3 Å². The first-order valence-corrected chi connectivity index (χ1v) is 7.00. The highest BCUT2D eigenvalue weighted by atomic mass is 15.2. The van der Waals surface area contributed by atoms with Crippen molar-refractivity contribution in [2.75, 3.05) is 13.6 Å². The van der Waals surface area contributed by atoms with Gasteiger partial charge in [-0.25, -0.2) is 9.97 Å². The SMILES string of the molecule is CN1C2CCC1CC(CNCc1ccncn1)C2. The van der Waals surface area contributed by atoms with E-state index in [4.69, 9.17) is 0 Å². The van der Waals surface area contributed by atoms with Crippen molar-refractivity contribution in [3.8, 4) is 0 Å². The molecule has 0 aliphatic carbocycles. The van der Waals surface area contributed by atoms with Gasteiger partial charge in [0, 0.05) is 24.8 Å². The minimum Gasteiger partial charge on any atom is -0.311 e. The van der Waals surface area contributed by atoms with Crippen LogP contribution in [0.3, 0.4) is 0 Å². The van der Waals surface area contributed by atoms with Gasteiger partial charge in [-0.15, -0.1) is 0 Å². The molecule has 0 amide bonds. The van der Waals surface area contributed by atoms with Crippen molar-refractivity contribution in [3.05, 3.63) is 24.3 Å². The van der Waals surface area contributed by atoms with Crippen LogP contribution in [0.1, 0.15) is 31.4 Å². The molecule has 0 aromatic carbocycles. The summed E-state index contributed by atoms with van der Waals surface area (Å²) in [5.41, 5.74) is 1.08. The Labute approximate surface area is 109 Å². The molecule has 0 radical (unpaired) electrons. The maximum absolute atomic E-state index is 4.23. The van der Waals surface area contributed by atoms with Crippen LogP contribution in [0.2, 0.25) is 0 Å². The molecule has 1 N–H and O–H groups in total. The van der Waals surface area contributed by atoms with Gasteiger partial charge < -0.3 is 10.2 Å². The number of fused-ring (bicyclic) bond motifs is 2. The predicted octanol–water partition coefficient (Wildman–Crippen LogP) is 1.44. The lowest BCUT2D eigenvalue weighted by atomic mass is 9.91. The zero-order chi connectivity index (χ0) is 12.4. The topological polar surface area (TPSA) is 41.0 Å². The van der Waals surface area contributed by atoms with Crippen LogP contribution in [-0.4, -0.2) is 40.5 Å². The Hall–Kier alpha value is -1.00. The van der Waals surface area contributed by atoms with Crippen molar-refractivity contribution in [1.82, 2.24) is 20.2 Å². The second-order valence-electron chi connectivity index (χ2n) is 5.72. The summed E-state index contributed by atoms with van der Waals surface area (Å²) in [6.07, 6.45) is 8.97. The number of nitrogens with zero attached hydrogens (tertiary/aromatic N) is 3. The van der Waals surface area contributed by atoms with E-state index in [9.17, 15) is 0 Å². The van der Waals surface area contributed by atoms with Crippen LogP contribution in [0.25, 0.3) is 0 Å². The number of hydrogen-bond donors (Lipinski definition) is 1. The Kier molecular flexibility index (Phi) is 3.57. The second-order valence-corrected chi connectivity index (χ2v) is 5.72. The van der Waals surface area contributed by atoms with Crippen LogP contribution in [0.5, 0.6) is 0 Å². The van der Waals surface area contributed by atoms with Gasteiger partial charge in [0.1, 0.15) is 6.33 Å². The van der Waals surface area contributed by atoms with Crippen molar-refractivity contribution >= 4 is 0 Å². The van der Waals surface area contributed by atoms with Gasteiger partial charge in [-0.2, -0.15) is 0 Å². The first-order chi connectivity index (χ1) is 8.83. The molecule has 2 bridgehead atoms. The molecule has 2 saturated heterocycles. The Morgan fingerprint density at radius 1 is 1.33 bits per heavy atom. The molecule has 2 aliphatic heterocycles. The second kappa shape index (κ2) is 5.33. The molecule has 0 spiro atoms. The average Bonchev–Trinajstić information content (AvgIpc) is 2.64. The van der Waals surface area contributed by atoms with Gasteiger partial charge in [-0.1, -0.05) is 0 Å². The van der Waals surface area contributed by atoms with Gasteiger partial charge in [0.2, 0.25) is 0 Å². The highest BCUT2D eigenvalue weighted by Gasteiger charge is 2.37. The number of aromatic nitrogens is 2. The first-order valence-electron chi connectivity index (χ1n) is 7.00. The molecular weight excluding hydrogens is 224 g/mol. The predicted molar refractivity (Wildman–Crippen MR) is 71.0 cm³/mol. The van der Waals surface area contributed by atoms with E-state index in [2.05, 4.69) is 27.2 Å². The Bertz CT molecular complexity index is 367. The van der Waals surface area contributed by atoms with Gasteiger partial charge in [-0.3, -0.25) is 0 Å². The fourth-order valence-corrected chi connectivity index (χ4v) is 3.52. The van der Waals surface area contributed by atoms with Gasteiger partial charge in [-0.05, 0) is 51.3 Å². The van der Waals surface area contributed by atoms with Gasteiger partial charge in [0.25, 0.3) is 0 Å². The standard InChI is InChI=1S/C14H22N4/c1-18-13-2-3-14(18)7-11(6-13)8-16-9-12-4-5-15-10-17-12/h4-5,10-11,13-14,16H,2-3,6-9H2,1H3. The summed E-state index contributed by atoms with van der Waals surface area (Å²) in [7, 11) is 2.30. The summed E-state index contributed by atoms with van der Waals surface area (Å²) in [6, 6.07) is 3.66. The summed E-state index contributed by atoms with van der Waals surface area (Å²) < 4.78 is 0. The zero-order valence-corrected chi connectivity index (χ0v) is 11.0. The molecule has 3 heterocycles. The fourth-order valence-electron chi connectivity index (χ4n) is 3.52. The molecule has 2 fully saturated rings. The molecule has 0 saturated carbocycles. The molecule has 4 heteroatoms. The zero-order valence-electron chi connectivity index (χ0n) is 11.0. The maximum Gasteiger partial charge on any atom is 0.115 e. The van der Waals surface area contributed by atoms with Crippen molar-refractivity contribution in [1.29, 1.82) is 0 Å². The smallest absolute Gasteiger partial charge is 0.115 e. The molecule has 3 rings (SSSR count). The van der Waals surface area contributed by atoms with E-state index in [1.165, 1.54) is 25.7 Å². The van der Waals surface area contributed by atoms with Crippen LogP contribution in [0.4, 0.5) is 0 Å². The molecule has 1 aromatic heterocycles. The summed E-state index contributed by atoms with van der Waals surface area (Å²) in [6.45, 7) is 2.00. The molecule has 2 aliphatic rings. The fraction of sp³-hybridized carbons (Fsp3) is 0.714. The normalized spacial score (nSPS) is 31.7. The average molecular weight is 246 g/mol. The van der Waals surface area contributed by atoms with E-state index in [0.717, 1.165) is 36.8 Å². The quantitative estimate of drug-likeness (QED) is 0.873. The summed E-state index contributed by atoms with van der Waals surface area (Å²) in [5.74, 6) is 0.848. The van der Waals surface area contributed by atoms with Gasteiger partial charge in [0.15, 0.2) is 0 Å². The van der Waals surface area contributed by atoms with E-state index < -0.39 is 0 Å². The van der Waals surface area contributed by atoms with Gasteiger partial charge in [0.05, 0.1) is 5.69 Å². The van der Waals surface area contributed by atoms with Crippen molar-refractivity contribution < 1.29 is 0 Å². The van der Waals surface area contributed by atoms with Gasteiger partial charge >= 0.3 is 0 Å². The lowest BCUT2D eigenvalue weighted by Crippen LogP contribution is -2.42. The van der Waals surface area contributed by atoms with E-state index >= 15 is 0 Å². The number of piperidine rings is 1. The molecule has 2 unspecified atom stereocenters. The van der Waals surface area contributed by atoms with Crippen LogP contribution in [0.15, 0.2) is 18.6 Å². The number of rotatable bonds is 4. The largest absolute Gasteiger partial charge is 0.311 e. The molecule has 4 nitrogen and oxygen atoms in total. The van der Waals surface area contributed by atoms with E-state index in [0.29, 0.717) is 0 Å². The van der Waals surface area contributed by atoms with Crippen LogP contribution < -0.4 is 5.32 Å². The molecule has 18 heavy (non-hydrogen) atoms. The molecular formula is C14H22N4. The minimum absolute atomic E-state index is 0.842. The summed E-state index contributed by atoms with van der Waals surface area (Å²) in [4.78, 5) is 10.8. The van der Waals surface area contributed by atoms with E-state index in [-0.39, 0.29) is 0 Å². The van der Waals surface area contributed by atoms with Crippen molar-refractivity contribution in [2.24, 2.45) is 5.92 Å². The Balaban J connectivity index is 1.45. The van der Waals surface area contributed by atoms with Crippen LogP contribution in [0, 0.1) is 5.92 Å². The minimum atomic E-state index is 0.842. The first kappa shape index (κ1) is 12.1. The van der Waals surface area contributed by atoms with Crippen LogP contribution >= 0.6 is 0 Å². The summed E-state index contributed by atoms with van der Waals surface area (Å²) >= 11 is 0. The summed E-state index contributed by atoms with van der Waals surface area (Å²) in [5, 5.41) is 3.55.